The topological polar surface area (TPSA) is 53.3 Å². The van der Waals surface area contributed by atoms with Crippen molar-refractivity contribution in [2.45, 2.75) is 25.8 Å². The van der Waals surface area contributed by atoms with Crippen LogP contribution in [0.4, 0.5) is 0 Å². The van der Waals surface area contributed by atoms with Crippen LogP contribution in [0.15, 0.2) is 18.5 Å². The second kappa shape index (κ2) is 4.37. The molecule has 1 fully saturated rings. The summed E-state index contributed by atoms with van der Waals surface area (Å²) in [5.74, 6) is 0.377. The number of aromatic hydroxyl groups is 1. The molecule has 0 bridgehead atoms. The first kappa shape index (κ1) is 10.6. The Morgan fingerprint density at radius 2 is 2.06 bits per heavy atom. The predicted octanol–water partition coefficient (Wildman–Crippen LogP) is 0.837. The van der Waals surface area contributed by atoms with Crippen molar-refractivity contribution < 1.29 is 10.0 Å². The molecular weight excluding hydrogens is 214 g/mol. The summed E-state index contributed by atoms with van der Waals surface area (Å²) in [5.41, 5.74) is 2.91. The Balaban J connectivity index is 1.92. The van der Waals surface area contributed by atoms with Crippen LogP contribution in [0.3, 0.4) is 0 Å². The van der Waals surface area contributed by atoms with E-state index in [2.05, 4.69) is 9.97 Å². The van der Waals surface area contributed by atoms with E-state index < -0.39 is 0 Å². The number of fused-ring (bicyclic) bond motifs is 1. The third kappa shape index (κ3) is 2.00. The lowest BCUT2D eigenvalue weighted by Crippen LogP contribution is -3.11. The van der Waals surface area contributed by atoms with Crippen LogP contribution in [0.25, 0.3) is 11.0 Å². The summed E-state index contributed by atoms with van der Waals surface area (Å²) >= 11 is 0. The number of aromatic nitrogens is 2. The predicted molar refractivity (Wildman–Crippen MR) is 66.0 cm³/mol. The Morgan fingerprint density at radius 1 is 1.24 bits per heavy atom. The third-order valence-corrected chi connectivity index (χ3v) is 3.66. The van der Waals surface area contributed by atoms with Crippen molar-refractivity contribution in [3.05, 3.63) is 24.0 Å². The zero-order valence-electron chi connectivity index (χ0n) is 9.87. The maximum Gasteiger partial charge on any atom is 0.126 e. The van der Waals surface area contributed by atoms with Crippen LogP contribution < -0.4 is 4.90 Å². The lowest BCUT2D eigenvalue weighted by Gasteiger charge is -2.23. The summed E-state index contributed by atoms with van der Waals surface area (Å²) in [6, 6.07) is 3.64. The van der Waals surface area contributed by atoms with E-state index in [1.54, 1.807) is 17.3 Å². The second-order valence-corrected chi connectivity index (χ2v) is 4.85. The van der Waals surface area contributed by atoms with Crippen molar-refractivity contribution in [1.82, 2.24) is 9.97 Å². The van der Waals surface area contributed by atoms with Crippen molar-refractivity contribution in [3.8, 4) is 5.75 Å². The number of phenols is 1. The number of aromatic amines is 1. The minimum absolute atomic E-state index is 0.377. The van der Waals surface area contributed by atoms with E-state index in [1.807, 2.05) is 6.07 Å². The number of hydrogen-bond acceptors (Lipinski definition) is 2. The first-order valence-electron chi connectivity index (χ1n) is 6.32. The minimum Gasteiger partial charge on any atom is -0.507 e. The van der Waals surface area contributed by atoms with Crippen LogP contribution in [0.1, 0.15) is 24.8 Å². The molecule has 0 radical (unpaired) electrons. The van der Waals surface area contributed by atoms with Crippen molar-refractivity contribution in [2.24, 2.45) is 0 Å². The van der Waals surface area contributed by atoms with Gasteiger partial charge in [-0.15, -0.1) is 0 Å². The van der Waals surface area contributed by atoms with Gasteiger partial charge in [-0.1, -0.05) is 0 Å². The van der Waals surface area contributed by atoms with Gasteiger partial charge < -0.3 is 15.0 Å². The van der Waals surface area contributed by atoms with Gasteiger partial charge in [0.25, 0.3) is 0 Å². The summed E-state index contributed by atoms with van der Waals surface area (Å²) in [4.78, 5) is 8.97. The quantitative estimate of drug-likeness (QED) is 0.718. The average molecular weight is 232 g/mol. The fraction of sp³-hybridized carbons (Fsp3) is 0.462. The molecule has 3 rings (SSSR count). The monoisotopic (exact) mass is 232 g/mol. The number of benzene rings is 1. The number of likely N-dealkylation sites (tertiary alicyclic amines) is 1. The highest BCUT2D eigenvalue weighted by atomic mass is 16.3. The van der Waals surface area contributed by atoms with Crippen LogP contribution in [-0.4, -0.2) is 28.2 Å². The highest BCUT2D eigenvalue weighted by molar-refractivity contribution is 5.80. The summed E-state index contributed by atoms with van der Waals surface area (Å²) in [6.45, 7) is 3.30. The summed E-state index contributed by atoms with van der Waals surface area (Å²) in [7, 11) is 0. The van der Waals surface area contributed by atoms with Gasteiger partial charge in [-0.3, -0.25) is 0 Å². The maximum atomic E-state index is 9.99. The van der Waals surface area contributed by atoms with Crippen LogP contribution in [0, 0.1) is 0 Å². The van der Waals surface area contributed by atoms with Gasteiger partial charge >= 0.3 is 0 Å². The molecule has 2 aromatic rings. The molecule has 1 aliphatic heterocycles. The summed E-state index contributed by atoms with van der Waals surface area (Å²) in [5, 5.41) is 9.99. The first-order chi connectivity index (χ1) is 8.34. The van der Waals surface area contributed by atoms with E-state index in [4.69, 9.17) is 0 Å². The molecule has 0 spiro atoms. The van der Waals surface area contributed by atoms with Crippen molar-refractivity contribution in [1.29, 1.82) is 0 Å². The summed E-state index contributed by atoms with van der Waals surface area (Å²) in [6.07, 6.45) is 5.64. The Morgan fingerprint density at radius 3 is 2.88 bits per heavy atom. The Bertz CT molecular complexity index is 514. The number of quaternary nitrogens is 1. The van der Waals surface area contributed by atoms with Crippen molar-refractivity contribution in [3.63, 3.8) is 0 Å². The Kier molecular flexibility index (Phi) is 2.73. The van der Waals surface area contributed by atoms with Gasteiger partial charge in [0, 0.05) is 0 Å². The molecule has 0 atom stereocenters. The van der Waals surface area contributed by atoms with Gasteiger partial charge in [-0.2, -0.15) is 0 Å². The number of piperidine rings is 1. The van der Waals surface area contributed by atoms with Gasteiger partial charge in [-0.25, -0.2) is 4.98 Å². The van der Waals surface area contributed by atoms with E-state index in [1.165, 1.54) is 32.4 Å². The molecule has 0 amide bonds. The molecule has 4 nitrogen and oxygen atoms in total. The molecule has 1 aromatic carbocycles. The van der Waals surface area contributed by atoms with Gasteiger partial charge in [0.2, 0.25) is 0 Å². The normalized spacial score (nSPS) is 17.6. The molecule has 17 heavy (non-hydrogen) atoms. The molecule has 1 aliphatic rings. The fourth-order valence-electron chi connectivity index (χ4n) is 2.71. The number of nitrogens with one attached hydrogen (secondary N) is 2. The van der Waals surface area contributed by atoms with E-state index >= 15 is 0 Å². The number of imidazole rings is 1. The van der Waals surface area contributed by atoms with Crippen LogP contribution in [-0.2, 0) is 6.54 Å². The third-order valence-electron chi connectivity index (χ3n) is 3.66. The van der Waals surface area contributed by atoms with Crippen LogP contribution in [0.5, 0.6) is 5.75 Å². The van der Waals surface area contributed by atoms with Crippen molar-refractivity contribution in [2.75, 3.05) is 13.1 Å². The molecule has 1 aromatic heterocycles. The molecular formula is C13H18N3O+. The molecule has 1 saturated heterocycles. The standard InChI is InChI=1S/C13H17N3O/c17-12-5-4-11-13(15-9-14-11)10(12)8-16-6-2-1-3-7-16/h4-5,9,17H,1-3,6-8H2,(H,14,15)/p+1. The van der Waals surface area contributed by atoms with E-state index in [0.717, 1.165) is 23.1 Å². The van der Waals surface area contributed by atoms with Crippen LogP contribution in [0.2, 0.25) is 0 Å². The first-order valence-corrected chi connectivity index (χ1v) is 6.32. The number of nitrogens with zero attached hydrogens (tertiary/aromatic N) is 1. The molecule has 90 valence electrons. The van der Waals surface area contributed by atoms with E-state index in [0.29, 0.717) is 5.75 Å². The van der Waals surface area contributed by atoms with E-state index in [-0.39, 0.29) is 0 Å². The number of hydrogen-bond donors (Lipinski definition) is 3. The molecule has 4 heteroatoms. The fourth-order valence-corrected chi connectivity index (χ4v) is 2.71. The SMILES string of the molecule is Oc1ccc2[nH]cnc2c1C[NH+]1CCCCC1. The second-order valence-electron chi connectivity index (χ2n) is 4.85. The summed E-state index contributed by atoms with van der Waals surface area (Å²) < 4.78 is 0. The van der Waals surface area contributed by atoms with Gasteiger partial charge in [0.05, 0.1) is 30.5 Å². The number of phenolic OH excluding ortho intramolecular Hbond substituents is 1. The smallest absolute Gasteiger partial charge is 0.126 e. The zero-order chi connectivity index (χ0) is 11.7. The maximum absolute atomic E-state index is 9.99. The Labute approximate surface area is 100 Å². The zero-order valence-corrected chi connectivity index (χ0v) is 9.87. The lowest BCUT2D eigenvalue weighted by atomic mass is 10.1. The average Bonchev–Trinajstić information content (AvgIpc) is 2.83. The number of H-pyrrole nitrogens is 1. The largest absolute Gasteiger partial charge is 0.507 e. The molecule has 0 saturated carbocycles. The highest BCUT2D eigenvalue weighted by Crippen LogP contribution is 2.23. The highest BCUT2D eigenvalue weighted by Gasteiger charge is 2.18. The van der Waals surface area contributed by atoms with E-state index in [9.17, 15) is 5.11 Å². The molecule has 0 aliphatic carbocycles. The van der Waals surface area contributed by atoms with Gasteiger partial charge in [-0.05, 0) is 31.4 Å². The van der Waals surface area contributed by atoms with Crippen molar-refractivity contribution >= 4 is 11.0 Å². The minimum atomic E-state index is 0.377. The molecule has 2 heterocycles. The van der Waals surface area contributed by atoms with Gasteiger partial charge in [0.1, 0.15) is 17.8 Å². The number of rotatable bonds is 2. The Hall–Kier alpha value is -1.55. The molecule has 3 N–H and O–H groups in total. The van der Waals surface area contributed by atoms with Crippen LogP contribution >= 0.6 is 0 Å². The molecule has 0 unspecified atom stereocenters. The lowest BCUT2D eigenvalue weighted by molar-refractivity contribution is -0.918. The van der Waals surface area contributed by atoms with Gasteiger partial charge in [0.15, 0.2) is 0 Å².